The Morgan fingerprint density at radius 1 is 1.19 bits per heavy atom. The van der Waals surface area contributed by atoms with Crippen LogP contribution >= 0.6 is 0 Å². The van der Waals surface area contributed by atoms with Gasteiger partial charge in [0.15, 0.2) is 0 Å². The van der Waals surface area contributed by atoms with E-state index in [0.717, 1.165) is 29.8 Å². The Bertz CT molecular complexity index is 1020. The fourth-order valence-electron chi connectivity index (χ4n) is 3.99. The molecule has 1 atom stereocenters. The van der Waals surface area contributed by atoms with E-state index in [2.05, 4.69) is 0 Å². The SMILES string of the molecule is COc1ccc(OC)c([C@H]2CC(c3cccn3C)=NN2C(=O)CN(C)C(=O)C2CC2)c1. The predicted octanol–water partition coefficient (Wildman–Crippen LogP) is 2.59. The summed E-state index contributed by atoms with van der Waals surface area (Å²) in [6, 6.07) is 9.12. The Morgan fingerprint density at radius 3 is 2.58 bits per heavy atom. The summed E-state index contributed by atoms with van der Waals surface area (Å²) in [5, 5.41) is 6.19. The van der Waals surface area contributed by atoms with Crippen molar-refractivity contribution >= 4 is 17.5 Å². The molecule has 1 aromatic heterocycles. The van der Waals surface area contributed by atoms with Crippen molar-refractivity contribution in [1.82, 2.24) is 14.5 Å². The third-order valence-corrected chi connectivity index (χ3v) is 5.88. The first-order valence-corrected chi connectivity index (χ1v) is 10.4. The van der Waals surface area contributed by atoms with E-state index in [0.29, 0.717) is 17.9 Å². The molecular weight excluding hydrogens is 396 g/mol. The van der Waals surface area contributed by atoms with Gasteiger partial charge >= 0.3 is 0 Å². The number of nitrogens with zero attached hydrogens (tertiary/aromatic N) is 4. The summed E-state index contributed by atoms with van der Waals surface area (Å²) in [5.74, 6) is 1.20. The minimum Gasteiger partial charge on any atom is -0.497 e. The van der Waals surface area contributed by atoms with Crippen LogP contribution in [0.1, 0.15) is 36.6 Å². The van der Waals surface area contributed by atoms with Crippen LogP contribution in [0.25, 0.3) is 0 Å². The second-order valence-corrected chi connectivity index (χ2v) is 8.09. The number of aromatic nitrogens is 1. The van der Waals surface area contributed by atoms with E-state index in [4.69, 9.17) is 14.6 Å². The highest BCUT2D eigenvalue weighted by Gasteiger charge is 2.38. The maximum absolute atomic E-state index is 13.3. The molecule has 8 heteroatoms. The van der Waals surface area contributed by atoms with Gasteiger partial charge in [0.2, 0.25) is 5.91 Å². The summed E-state index contributed by atoms with van der Waals surface area (Å²) in [6.45, 7) is -0.0119. The van der Waals surface area contributed by atoms with Gasteiger partial charge in [0.1, 0.15) is 18.0 Å². The van der Waals surface area contributed by atoms with E-state index < -0.39 is 0 Å². The molecule has 2 aromatic rings. The number of hydrogen-bond acceptors (Lipinski definition) is 5. The Morgan fingerprint density at radius 2 is 1.97 bits per heavy atom. The van der Waals surface area contributed by atoms with Gasteiger partial charge in [-0.15, -0.1) is 0 Å². The molecule has 164 valence electrons. The minimum atomic E-state index is -0.355. The van der Waals surface area contributed by atoms with Crippen molar-refractivity contribution in [1.29, 1.82) is 0 Å². The monoisotopic (exact) mass is 424 g/mol. The largest absolute Gasteiger partial charge is 0.497 e. The molecule has 0 radical (unpaired) electrons. The summed E-state index contributed by atoms with van der Waals surface area (Å²) < 4.78 is 13.0. The fourth-order valence-corrected chi connectivity index (χ4v) is 3.99. The van der Waals surface area contributed by atoms with Gasteiger partial charge in [0, 0.05) is 38.2 Å². The maximum atomic E-state index is 13.3. The van der Waals surface area contributed by atoms with Crippen LogP contribution in [0.15, 0.2) is 41.6 Å². The fraction of sp³-hybridized carbons (Fsp3) is 0.435. The van der Waals surface area contributed by atoms with Crippen LogP contribution in [0.3, 0.4) is 0 Å². The summed E-state index contributed by atoms with van der Waals surface area (Å²) in [6.07, 6.45) is 4.29. The first kappa shape index (κ1) is 21.0. The van der Waals surface area contributed by atoms with E-state index in [-0.39, 0.29) is 30.3 Å². The smallest absolute Gasteiger partial charge is 0.262 e. The number of hydrazone groups is 1. The van der Waals surface area contributed by atoms with E-state index in [1.165, 1.54) is 9.91 Å². The summed E-state index contributed by atoms with van der Waals surface area (Å²) >= 11 is 0. The van der Waals surface area contributed by atoms with Gasteiger partial charge in [0.05, 0.1) is 31.7 Å². The van der Waals surface area contributed by atoms with Crippen LogP contribution in [-0.2, 0) is 16.6 Å². The highest BCUT2D eigenvalue weighted by molar-refractivity contribution is 6.02. The lowest BCUT2D eigenvalue weighted by atomic mass is 9.99. The standard InChI is InChI=1S/C23H28N4O4/c1-25-11-5-6-19(25)18-13-20(17-12-16(30-3)9-10-21(17)31-4)27(24-18)22(28)14-26(2)23(29)15-7-8-15/h5-6,9-12,15,20H,7-8,13-14H2,1-4H3/t20-/m1/s1. The molecule has 31 heavy (non-hydrogen) atoms. The third kappa shape index (κ3) is 4.15. The highest BCUT2D eigenvalue weighted by Crippen LogP contribution is 2.39. The second-order valence-electron chi connectivity index (χ2n) is 8.09. The maximum Gasteiger partial charge on any atom is 0.262 e. The van der Waals surface area contributed by atoms with E-state index in [1.807, 2.05) is 48.1 Å². The molecular formula is C23H28N4O4. The van der Waals surface area contributed by atoms with Crippen LogP contribution in [-0.4, -0.2) is 59.8 Å². The number of aryl methyl sites for hydroxylation is 1. The summed E-state index contributed by atoms with van der Waals surface area (Å²) in [4.78, 5) is 27.2. The van der Waals surface area contributed by atoms with Crippen LogP contribution in [0.5, 0.6) is 11.5 Å². The molecule has 1 aliphatic carbocycles. The molecule has 0 bridgehead atoms. The van der Waals surface area contributed by atoms with Crippen LogP contribution in [0.4, 0.5) is 0 Å². The zero-order valence-corrected chi connectivity index (χ0v) is 18.4. The quantitative estimate of drug-likeness (QED) is 0.685. The number of ether oxygens (including phenoxy) is 2. The molecule has 0 N–H and O–H groups in total. The lowest BCUT2D eigenvalue weighted by molar-refractivity contribution is -0.141. The second kappa shape index (κ2) is 8.45. The number of carbonyl (C=O) groups excluding carboxylic acids is 2. The van der Waals surface area contributed by atoms with Gasteiger partial charge in [0.25, 0.3) is 5.91 Å². The zero-order valence-electron chi connectivity index (χ0n) is 18.4. The molecule has 1 saturated carbocycles. The first-order valence-electron chi connectivity index (χ1n) is 10.4. The van der Waals surface area contributed by atoms with Crippen LogP contribution < -0.4 is 9.47 Å². The molecule has 0 unspecified atom stereocenters. The van der Waals surface area contributed by atoms with Gasteiger partial charge in [-0.1, -0.05) is 0 Å². The van der Waals surface area contributed by atoms with Crippen molar-refractivity contribution in [3.63, 3.8) is 0 Å². The number of carbonyl (C=O) groups is 2. The molecule has 2 aliphatic rings. The Kier molecular flexibility index (Phi) is 5.71. The predicted molar refractivity (Wildman–Crippen MR) is 116 cm³/mol. The Balaban J connectivity index is 1.67. The normalized spacial score (nSPS) is 18.0. The van der Waals surface area contributed by atoms with Crippen LogP contribution in [0.2, 0.25) is 0 Å². The van der Waals surface area contributed by atoms with E-state index in [1.54, 1.807) is 21.3 Å². The van der Waals surface area contributed by atoms with Gasteiger partial charge < -0.3 is 18.9 Å². The van der Waals surface area contributed by atoms with E-state index in [9.17, 15) is 9.59 Å². The number of rotatable bonds is 7. The van der Waals surface area contributed by atoms with Gasteiger partial charge in [-0.25, -0.2) is 5.01 Å². The lowest BCUT2D eigenvalue weighted by Gasteiger charge is -2.26. The average Bonchev–Trinajstić information content (AvgIpc) is 3.39. The molecule has 2 heterocycles. The number of benzene rings is 1. The third-order valence-electron chi connectivity index (χ3n) is 5.88. The van der Waals surface area contributed by atoms with Crippen molar-refractivity contribution in [2.24, 2.45) is 18.1 Å². The number of hydrogen-bond donors (Lipinski definition) is 0. The van der Waals surface area contributed by atoms with Crippen LogP contribution in [0, 0.1) is 5.92 Å². The van der Waals surface area contributed by atoms with Gasteiger partial charge in [-0.05, 0) is 43.2 Å². The van der Waals surface area contributed by atoms with Gasteiger partial charge in [-0.2, -0.15) is 5.10 Å². The first-order chi connectivity index (χ1) is 14.9. The van der Waals surface area contributed by atoms with Crippen molar-refractivity contribution in [3.05, 3.63) is 47.8 Å². The topological polar surface area (TPSA) is 76.4 Å². The highest BCUT2D eigenvalue weighted by atomic mass is 16.5. The molecule has 1 aliphatic heterocycles. The number of amides is 2. The van der Waals surface area contributed by atoms with Gasteiger partial charge in [-0.3, -0.25) is 9.59 Å². The van der Waals surface area contributed by atoms with Crippen molar-refractivity contribution < 1.29 is 19.1 Å². The van der Waals surface area contributed by atoms with Crippen molar-refractivity contribution in [3.8, 4) is 11.5 Å². The van der Waals surface area contributed by atoms with E-state index >= 15 is 0 Å². The van der Waals surface area contributed by atoms with Crippen molar-refractivity contribution in [2.45, 2.75) is 25.3 Å². The molecule has 0 spiro atoms. The average molecular weight is 425 g/mol. The molecule has 1 fully saturated rings. The summed E-state index contributed by atoms with van der Waals surface area (Å²) in [7, 11) is 6.84. The minimum absolute atomic E-state index is 0.0119. The molecule has 0 saturated heterocycles. The number of methoxy groups -OCH3 is 2. The molecule has 1 aromatic carbocycles. The molecule has 2 amide bonds. The number of likely N-dealkylation sites (N-methyl/N-ethyl adjacent to an activating group) is 1. The summed E-state index contributed by atoms with van der Waals surface area (Å²) in [5.41, 5.74) is 2.58. The molecule has 4 rings (SSSR count). The molecule has 8 nitrogen and oxygen atoms in total. The van der Waals surface area contributed by atoms with Crippen molar-refractivity contribution in [2.75, 3.05) is 27.8 Å². The lowest BCUT2D eigenvalue weighted by Crippen LogP contribution is -2.39. The zero-order chi connectivity index (χ0) is 22.1. The Hall–Kier alpha value is -3.29. The Labute approximate surface area is 182 Å².